The molecule has 0 aliphatic rings. The third-order valence-corrected chi connectivity index (χ3v) is 4.35. The second-order valence-corrected chi connectivity index (χ2v) is 6.69. The molecule has 0 fully saturated rings. The van der Waals surface area contributed by atoms with Crippen LogP contribution in [0.15, 0.2) is 65.6 Å². The summed E-state index contributed by atoms with van der Waals surface area (Å²) in [6.07, 6.45) is 1.37. The highest BCUT2D eigenvalue weighted by Crippen LogP contribution is 2.14. The Morgan fingerprint density at radius 2 is 1.83 bits per heavy atom. The smallest absolute Gasteiger partial charge is 0.244 e. The van der Waals surface area contributed by atoms with Gasteiger partial charge in [0.05, 0.1) is 12.8 Å². The van der Waals surface area contributed by atoms with E-state index < -0.39 is 12.0 Å². The Labute approximate surface area is 171 Å². The average molecular weight is 417 g/mol. The molecule has 2 aromatic carbocycles. The first-order chi connectivity index (χ1) is 13.9. The molecule has 0 radical (unpaired) electrons. The number of rotatable bonds is 7. The number of aliphatic hydroxyl groups excluding tert-OH is 1. The first kappa shape index (κ1) is 20.6. The van der Waals surface area contributed by atoms with Gasteiger partial charge in [0.25, 0.3) is 0 Å². The first-order valence-corrected chi connectivity index (χ1v) is 9.09. The number of halogens is 2. The maximum Gasteiger partial charge on any atom is 0.244 e. The monoisotopic (exact) mass is 416 g/mol. The Bertz CT molecular complexity index is 1050. The molecule has 0 aliphatic heterocycles. The van der Waals surface area contributed by atoms with Crippen LogP contribution in [0.5, 0.6) is 5.75 Å². The molecule has 8 heteroatoms. The van der Waals surface area contributed by atoms with Crippen molar-refractivity contribution in [2.75, 3.05) is 5.32 Å². The van der Waals surface area contributed by atoms with Crippen LogP contribution in [0.2, 0.25) is 5.02 Å². The van der Waals surface area contributed by atoms with E-state index >= 15 is 0 Å². The van der Waals surface area contributed by atoms with E-state index in [2.05, 4.69) is 5.32 Å². The number of hydrogen-bond acceptors (Lipinski definition) is 4. The molecule has 0 saturated heterocycles. The fourth-order valence-corrected chi connectivity index (χ4v) is 2.74. The van der Waals surface area contributed by atoms with E-state index in [1.54, 1.807) is 36.4 Å². The van der Waals surface area contributed by atoms with Crippen molar-refractivity contribution in [1.82, 2.24) is 4.57 Å². The van der Waals surface area contributed by atoms with Crippen molar-refractivity contribution in [3.05, 3.63) is 93.1 Å². The Hall–Kier alpha value is -3.16. The van der Waals surface area contributed by atoms with E-state index in [1.165, 1.54) is 29.0 Å². The maximum absolute atomic E-state index is 13.0. The highest BCUT2D eigenvalue weighted by atomic mass is 35.5. The number of pyridine rings is 1. The van der Waals surface area contributed by atoms with Crippen LogP contribution in [0.4, 0.5) is 10.1 Å². The van der Waals surface area contributed by atoms with Crippen molar-refractivity contribution in [2.45, 2.75) is 19.8 Å². The van der Waals surface area contributed by atoms with Crippen LogP contribution in [-0.2, 0) is 24.6 Å². The van der Waals surface area contributed by atoms with Crippen LogP contribution >= 0.6 is 11.6 Å². The van der Waals surface area contributed by atoms with E-state index in [0.717, 1.165) is 0 Å². The number of carbonyl (C=O) groups is 1. The minimum absolute atomic E-state index is 0.0193. The van der Waals surface area contributed by atoms with Crippen molar-refractivity contribution in [1.29, 1.82) is 0 Å². The summed E-state index contributed by atoms with van der Waals surface area (Å²) in [5.41, 5.74) is 1.10. The van der Waals surface area contributed by atoms with Crippen LogP contribution in [0.25, 0.3) is 0 Å². The number of hydrogen-bond donors (Lipinski definition) is 2. The third-order valence-electron chi connectivity index (χ3n) is 4.09. The van der Waals surface area contributed by atoms with Crippen molar-refractivity contribution in [3.63, 3.8) is 0 Å². The Balaban J connectivity index is 1.73. The molecule has 6 nitrogen and oxygen atoms in total. The molecule has 0 bridgehead atoms. The molecule has 1 aromatic heterocycles. The molecular weight excluding hydrogens is 399 g/mol. The fraction of sp³-hybridized carbons (Fsp3) is 0.143. The van der Waals surface area contributed by atoms with Gasteiger partial charge in [-0.2, -0.15) is 0 Å². The lowest BCUT2D eigenvalue weighted by Crippen LogP contribution is -2.23. The Morgan fingerprint density at radius 1 is 1.14 bits per heavy atom. The summed E-state index contributed by atoms with van der Waals surface area (Å²) in [5.74, 6) is -0.698. The summed E-state index contributed by atoms with van der Waals surface area (Å²) < 4.78 is 20.0. The average Bonchev–Trinajstić information content (AvgIpc) is 2.71. The summed E-state index contributed by atoms with van der Waals surface area (Å²) in [5, 5.41) is 12.8. The summed E-state index contributed by atoms with van der Waals surface area (Å²) in [6.45, 7) is -0.488. The number of amides is 1. The van der Waals surface area contributed by atoms with Crippen LogP contribution < -0.4 is 15.5 Å². The second-order valence-electron chi connectivity index (χ2n) is 6.25. The molecule has 150 valence electrons. The van der Waals surface area contributed by atoms with E-state index in [1.807, 2.05) is 0 Å². The van der Waals surface area contributed by atoms with Gasteiger partial charge >= 0.3 is 0 Å². The minimum atomic E-state index is -0.425. The molecule has 1 heterocycles. The van der Waals surface area contributed by atoms with Gasteiger partial charge in [-0.1, -0.05) is 23.7 Å². The van der Waals surface area contributed by atoms with Crippen molar-refractivity contribution in [2.24, 2.45) is 0 Å². The molecule has 3 rings (SSSR count). The number of ether oxygens (including phenoxy) is 1. The van der Waals surface area contributed by atoms with Crippen molar-refractivity contribution < 1.29 is 19.0 Å². The number of carbonyl (C=O) groups excluding carboxylic acids is 1. The zero-order valence-corrected chi connectivity index (χ0v) is 16.0. The second kappa shape index (κ2) is 9.36. The zero-order chi connectivity index (χ0) is 20.8. The predicted octanol–water partition coefficient (Wildman–Crippen LogP) is 3.35. The third kappa shape index (κ3) is 5.66. The number of aliphatic hydroxyl groups is 1. The normalized spacial score (nSPS) is 10.6. The lowest BCUT2D eigenvalue weighted by atomic mass is 10.2. The lowest BCUT2D eigenvalue weighted by Gasteiger charge is -2.14. The lowest BCUT2D eigenvalue weighted by molar-refractivity contribution is -0.116. The number of nitrogens with zero attached hydrogens (tertiary/aromatic N) is 1. The number of nitrogens with one attached hydrogen (secondary N) is 1. The maximum atomic E-state index is 13.0. The SMILES string of the molecule is O=C(Cn1cc(OCc2ccc(F)cc2)c(=O)cc1CO)Nc1ccc(Cl)cc1. The molecule has 0 atom stereocenters. The van der Waals surface area contributed by atoms with Crippen LogP contribution in [0, 0.1) is 5.82 Å². The van der Waals surface area contributed by atoms with Crippen LogP contribution in [-0.4, -0.2) is 15.6 Å². The number of anilines is 1. The molecule has 3 aromatic rings. The zero-order valence-electron chi connectivity index (χ0n) is 15.3. The quantitative estimate of drug-likeness (QED) is 0.619. The van der Waals surface area contributed by atoms with Gasteiger partial charge in [0.2, 0.25) is 11.3 Å². The highest BCUT2D eigenvalue weighted by molar-refractivity contribution is 6.30. The molecule has 0 saturated carbocycles. The predicted molar refractivity (Wildman–Crippen MR) is 107 cm³/mol. The topological polar surface area (TPSA) is 80.6 Å². The van der Waals surface area contributed by atoms with E-state index in [4.69, 9.17) is 16.3 Å². The number of benzene rings is 2. The van der Waals surface area contributed by atoms with E-state index in [-0.39, 0.29) is 36.3 Å². The summed E-state index contributed by atoms with van der Waals surface area (Å²) in [6, 6.07) is 13.5. The van der Waals surface area contributed by atoms with Gasteiger partial charge in [0.1, 0.15) is 19.0 Å². The Morgan fingerprint density at radius 3 is 2.48 bits per heavy atom. The van der Waals surface area contributed by atoms with E-state index in [0.29, 0.717) is 16.3 Å². The van der Waals surface area contributed by atoms with Crippen LogP contribution in [0.1, 0.15) is 11.3 Å². The minimum Gasteiger partial charge on any atom is -0.483 e. The van der Waals surface area contributed by atoms with Gasteiger partial charge in [0.15, 0.2) is 5.75 Å². The van der Waals surface area contributed by atoms with Gasteiger partial charge < -0.3 is 19.7 Å². The first-order valence-electron chi connectivity index (χ1n) is 8.71. The van der Waals surface area contributed by atoms with E-state index in [9.17, 15) is 19.1 Å². The molecule has 0 spiro atoms. The molecule has 0 aliphatic carbocycles. The van der Waals surface area contributed by atoms with Crippen molar-refractivity contribution >= 4 is 23.2 Å². The number of aromatic nitrogens is 1. The van der Waals surface area contributed by atoms with Crippen LogP contribution in [0.3, 0.4) is 0 Å². The summed E-state index contributed by atoms with van der Waals surface area (Å²) >= 11 is 5.82. The largest absolute Gasteiger partial charge is 0.483 e. The van der Waals surface area contributed by atoms with Gasteiger partial charge in [-0.05, 0) is 42.0 Å². The standard InChI is InChI=1S/C21H18ClFN2O4/c22-15-3-7-17(8-4-15)24-21(28)11-25-10-20(19(27)9-18(25)12-26)29-13-14-1-5-16(23)6-2-14/h1-10,26H,11-13H2,(H,24,28). The Kier molecular flexibility index (Phi) is 6.64. The van der Waals surface area contributed by atoms with Gasteiger partial charge in [-0.3, -0.25) is 9.59 Å². The van der Waals surface area contributed by atoms with Gasteiger partial charge in [-0.25, -0.2) is 4.39 Å². The molecule has 2 N–H and O–H groups in total. The summed E-state index contributed by atoms with van der Waals surface area (Å²) in [4.78, 5) is 24.6. The molecular formula is C21H18ClFN2O4. The van der Waals surface area contributed by atoms with Gasteiger partial charge in [0, 0.05) is 22.5 Å². The van der Waals surface area contributed by atoms with Crippen molar-refractivity contribution in [3.8, 4) is 5.75 Å². The molecule has 0 unspecified atom stereocenters. The highest BCUT2D eigenvalue weighted by Gasteiger charge is 2.11. The molecule has 1 amide bonds. The fourth-order valence-electron chi connectivity index (χ4n) is 2.62. The summed E-state index contributed by atoms with van der Waals surface area (Å²) in [7, 11) is 0. The van der Waals surface area contributed by atoms with Gasteiger partial charge in [-0.15, -0.1) is 0 Å². The molecule has 29 heavy (non-hydrogen) atoms.